The van der Waals surface area contributed by atoms with E-state index in [9.17, 15) is 4.79 Å². The van der Waals surface area contributed by atoms with Gasteiger partial charge in [-0.05, 0) is 62.3 Å². The quantitative estimate of drug-likeness (QED) is 0.790. The molecule has 0 spiro atoms. The van der Waals surface area contributed by atoms with Gasteiger partial charge in [-0.15, -0.1) is 11.8 Å². The minimum absolute atomic E-state index is 0.0792. The number of nitrogens with zero attached hydrogens (tertiary/aromatic N) is 2. The molecule has 24 heavy (non-hydrogen) atoms. The molecule has 0 N–H and O–H groups in total. The van der Waals surface area contributed by atoms with E-state index < -0.39 is 0 Å². The van der Waals surface area contributed by atoms with Crippen molar-refractivity contribution in [2.24, 2.45) is 0 Å². The lowest BCUT2D eigenvalue weighted by Gasteiger charge is -2.22. The summed E-state index contributed by atoms with van der Waals surface area (Å²) >= 11 is 1.65. The van der Waals surface area contributed by atoms with Gasteiger partial charge in [-0.3, -0.25) is 4.79 Å². The Kier molecular flexibility index (Phi) is 4.35. The van der Waals surface area contributed by atoms with E-state index in [0.29, 0.717) is 5.75 Å². The molecule has 1 aromatic heterocycles. The summed E-state index contributed by atoms with van der Waals surface area (Å²) in [4.78, 5) is 15.9. The number of thioether (sulfide) groups is 1. The van der Waals surface area contributed by atoms with Gasteiger partial charge in [-0.2, -0.15) is 0 Å². The summed E-state index contributed by atoms with van der Waals surface area (Å²) in [5.74, 6) is 1.49. The van der Waals surface area contributed by atoms with Crippen molar-refractivity contribution in [2.45, 2.75) is 50.0 Å². The molecule has 1 saturated heterocycles. The van der Waals surface area contributed by atoms with Crippen LogP contribution in [0.4, 0.5) is 0 Å². The van der Waals surface area contributed by atoms with Gasteiger partial charge in [0.25, 0.3) is 0 Å². The Morgan fingerprint density at radius 3 is 3.00 bits per heavy atom. The van der Waals surface area contributed by atoms with E-state index in [4.69, 9.17) is 4.52 Å². The van der Waals surface area contributed by atoms with Crippen LogP contribution in [-0.4, -0.2) is 28.3 Å². The summed E-state index contributed by atoms with van der Waals surface area (Å²) in [6, 6.07) is 8.68. The van der Waals surface area contributed by atoms with Gasteiger partial charge in [0.15, 0.2) is 0 Å². The highest BCUT2D eigenvalue weighted by molar-refractivity contribution is 8.00. The molecule has 0 unspecified atom stereocenters. The number of hydrogen-bond donors (Lipinski definition) is 0. The molecule has 0 radical (unpaired) electrons. The number of benzene rings is 1. The van der Waals surface area contributed by atoms with Crippen LogP contribution in [0.3, 0.4) is 0 Å². The van der Waals surface area contributed by atoms with Gasteiger partial charge in [0.2, 0.25) is 5.91 Å². The van der Waals surface area contributed by atoms with Crippen molar-refractivity contribution in [3.05, 3.63) is 46.8 Å². The second-order valence-electron chi connectivity index (χ2n) is 6.68. The minimum atomic E-state index is 0.0792. The van der Waals surface area contributed by atoms with Gasteiger partial charge in [-0.1, -0.05) is 11.2 Å². The van der Waals surface area contributed by atoms with Gasteiger partial charge in [0.1, 0.15) is 11.5 Å². The molecule has 4 nitrogen and oxygen atoms in total. The molecule has 2 aromatic rings. The number of amides is 1. The first-order valence-corrected chi connectivity index (χ1v) is 9.66. The van der Waals surface area contributed by atoms with Crippen molar-refractivity contribution < 1.29 is 9.32 Å². The predicted octanol–water partition coefficient (Wildman–Crippen LogP) is 3.93. The van der Waals surface area contributed by atoms with E-state index in [0.717, 1.165) is 30.8 Å². The van der Waals surface area contributed by atoms with Crippen molar-refractivity contribution in [3.63, 3.8) is 0 Å². The molecule has 0 bridgehead atoms. The summed E-state index contributed by atoms with van der Waals surface area (Å²) in [5, 5.41) is 4.11. The van der Waals surface area contributed by atoms with Gasteiger partial charge < -0.3 is 9.42 Å². The van der Waals surface area contributed by atoms with E-state index in [-0.39, 0.29) is 11.9 Å². The van der Waals surface area contributed by atoms with E-state index in [2.05, 4.69) is 23.4 Å². The molecule has 1 amide bonds. The maximum absolute atomic E-state index is 12.7. The standard InChI is InChI=1S/C19H22N2O2S/c1-13-10-17(20-23-13)18-6-3-9-21(18)19(22)12-24-16-8-7-14-4-2-5-15(14)11-16/h7-8,10-11,18H,2-6,9,12H2,1H3/t18-/m1/s1. The third kappa shape index (κ3) is 3.09. The summed E-state index contributed by atoms with van der Waals surface area (Å²) in [7, 11) is 0. The van der Waals surface area contributed by atoms with E-state index in [1.807, 2.05) is 17.9 Å². The lowest BCUT2D eigenvalue weighted by atomic mass is 10.1. The van der Waals surface area contributed by atoms with Crippen molar-refractivity contribution >= 4 is 17.7 Å². The van der Waals surface area contributed by atoms with Gasteiger partial charge >= 0.3 is 0 Å². The molecule has 2 heterocycles. The zero-order chi connectivity index (χ0) is 16.5. The first-order chi connectivity index (χ1) is 11.7. The topological polar surface area (TPSA) is 46.3 Å². The van der Waals surface area contributed by atoms with Gasteiger partial charge in [0.05, 0.1) is 11.8 Å². The molecule has 4 rings (SSSR count). The molecule has 0 saturated carbocycles. The van der Waals surface area contributed by atoms with Crippen LogP contribution >= 0.6 is 11.8 Å². The lowest BCUT2D eigenvalue weighted by molar-refractivity contribution is -0.129. The highest BCUT2D eigenvalue weighted by Crippen LogP contribution is 2.33. The summed E-state index contributed by atoms with van der Waals surface area (Å²) < 4.78 is 5.18. The van der Waals surface area contributed by atoms with E-state index >= 15 is 0 Å². The fraction of sp³-hybridized carbons (Fsp3) is 0.474. The largest absolute Gasteiger partial charge is 0.361 e. The third-order valence-corrected chi connectivity index (χ3v) is 5.97. The number of hydrogen-bond acceptors (Lipinski definition) is 4. The number of fused-ring (bicyclic) bond motifs is 1. The lowest BCUT2D eigenvalue weighted by Crippen LogP contribution is -2.32. The Hall–Kier alpha value is -1.75. The molecule has 1 atom stereocenters. The van der Waals surface area contributed by atoms with Crippen LogP contribution in [0, 0.1) is 6.92 Å². The van der Waals surface area contributed by atoms with E-state index in [1.54, 1.807) is 11.8 Å². The van der Waals surface area contributed by atoms with Crippen LogP contribution in [0.2, 0.25) is 0 Å². The second kappa shape index (κ2) is 6.63. The molecular weight excluding hydrogens is 320 g/mol. The molecule has 1 aliphatic carbocycles. The van der Waals surface area contributed by atoms with Crippen LogP contribution in [0.1, 0.15) is 47.9 Å². The fourth-order valence-corrected chi connectivity index (χ4v) is 4.63. The normalized spacial score (nSPS) is 19.7. The van der Waals surface area contributed by atoms with Crippen LogP contribution in [0.15, 0.2) is 33.7 Å². The molecular formula is C19H22N2O2S. The monoisotopic (exact) mass is 342 g/mol. The summed E-state index contributed by atoms with van der Waals surface area (Å²) in [6.07, 6.45) is 5.64. The number of carbonyl (C=O) groups is 1. The average Bonchev–Trinajstić information content (AvgIpc) is 3.31. The van der Waals surface area contributed by atoms with E-state index in [1.165, 1.54) is 35.3 Å². The Bertz CT molecular complexity index is 756. The molecule has 1 aliphatic heterocycles. The first kappa shape index (κ1) is 15.8. The molecule has 5 heteroatoms. The van der Waals surface area contributed by atoms with Crippen molar-refractivity contribution in [3.8, 4) is 0 Å². The molecule has 1 aromatic carbocycles. The number of carbonyl (C=O) groups excluding carboxylic acids is 1. The van der Waals surface area contributed by atoms with Gasteiger partial charge in [-0.25, -0.2) is 0 Å². The summed E-state index contributed by atoms with van der Waals surface area (Å²) in [6.45, 7) is 2.71. The zero-order valence-electron chi connectivity index (χ0n) is 14.0. The fourth-order valence-electron chi connectivity index (χ4n) is 3.78. The van der Waals surface area contributed by atoms with Gasteiger partial charge in [0, 0.05) is 17.5 Å². The SMILES string of the molecule is Cc1cc([C@H]2CCCN2C(=O)CSc2ccc3c(c2)CCC3)no1. The second-order valence-corrected chi connectivity index (χ2v) is 7.73. The Balaban J connectivity index is 1.40. The first-order valence-electron chi connectivity index (χ1n) is 8.68. The highest BCUT2D eigenvalue weighted by atomic mass is 32.2. The number of aromatic nitrogens is 1. The molecule has 2 aliphatic rings. The van der Waals surface area contributed by atoms with Crippen LogP contribution in [-0.2, 0) is 17.6 Å². The Morgan fingerprint density at radius 2 is 2.17 bits per heavy atom. The van der Waals surface area contributed by atoms with Crippen LogP contribution in [0.25, 0.3) is 0 Å². The van der Waals surface area contributed by atoms with Crippen molar-refractivity contribution in [1.29, 1.82) is 0 Å². The molecule has 1 fully saturated rings. The van der Waals surface area contributed by atoms with Crippen LogP contribution < -0.4 is 0 Å². The third-order valence-electron chi connectivity index (χ3n) is 4.99. The maximum Gasteiger partial charge on any atom is 0.233 e. The number of aryl methyl sites for hydroxylation is 3. The summed E-state index contributed by atoms with van der Waals surface area (Å²) in [5.41, 5.74) is 3.83. The van der Waals surface area contributed by atoms with Crippen molar-refractivity contribution in [2.75, 3.05) is 12.3 Å². The smallest absolute Gasteiger partial charge is 0.233 e. The minimum Gasteiger partial charge on any atom is -0.361 e. The predicted molar refractivity (Wildman–Crippen MR) is 94.1 cm³/mol. The van der Waals surface area contributed by atoms with Crippen LogP contribution in [0.5, 0.6) is 0 Å². The number of rotatable bonds is 4. The average molecular weight is 342 g/mol. The van der Waals surface area contributed by atoms with Crippen molar-refractivity contribution in [1.82, 2.24) is 10.1 Å². The molecule has 126 valence electrons. The Labute approximate surface area is 146 Å². The maximum atomic E-state index is 12.7. The zero-order valence-corrected chi connectivity index (χ0v) is 14.8. The highest BCUT2D eigenvalue weighted by Gasteiger charge is 2.31. The Morgan fingerprint density at radius 1 is 1.29 bits per heavy atom. The number of likely N-dealkylation sites (tertiary alicyclic amines) is 1.